The molecule has 3 heteroatoms. The maximum absolute atomic E-state index is 12.0. The first-order valence-corrected chi connectivity index (χ1v) is 7.07. The van der Waals surface area contributed by atoms with E-state index in [4.69, 9.17) is 9.47 Å². The van der Waals surface area contributed by atoms with Gasteiger partial charge in [-0.2, -0.15) is 0 Å². The lowest BCUT2D eigenvalue weighted by molar-refractivity contribution is -0.144. The highest BCUT2D eigenvalue weighted by atomic mass is 16.5. The molecule has 2 aromatic carbocycles. The van der Waals surface area contributed by atoms with Crippen LogP contribution >= 0.6 is 0 Å². The first-order chi connectivity index (χ1) is 10.2. The number of benzene rings is 2. The molecule has 0 unspecified atom stereocenters. The summed E-state index contributed by atoms with van der Waals surface area (Å²) >= 11 is 0. The summed E-state index contributed by atoms with van der Waals surface area (Å²) in [6.07, 6.45) is 0. The molecule has 0 saturated carbocycles. The molecule has 0 N–H and O–H groups in total. The van der Waals surface area contributed by atoms with E-state index >= 15 is 0 Å². The summed E-state index contributed by atoms with van der Waals surface area (Å²) in [4.78, 5) is 12.0. The Kier molecular flexibility index (Phi) is 4.99. The van der Waals surface area contributed by atoms with Crippen LogP contribution in [0.5, 0.6) is 5.75 Å². The van der Waals surface area contributed by atoms with E-state index in [9.17, 15) is 4.79 Å². The molecule has 0 radical (unpaired) electrons. The zero-order valence-electron chi connectivity index (χ0n) is 12.6. The van der Waals surface area contributed by atoms with Crippen molar-refractivity contribution in [2.45, 2.75) is 19.8 Å². The Morgan fingerprint density at radius 1 is 1.14 bits per heavy atom. The highest BCUT2D eigenvalue weighted by Crippen LogP contribution is 2.31. The van der Waals surface area contributed by atoms with Gasteiger partial charge in [0.2, 0.25) is 0 Å². The summed E-state index contributed by atoms with van der Waals surface area (Å²) in [5, 5.41) is 0. The number of carbonyl (C=O) groups is 1. The van der Waals surface area contributed by atoms with Gasteiger partial charge in [-0.25, -0.2) is 0 Å². The van der Waals surface area contributed by atoms with Crippen molar-refractivity contribution in [1.29, 1.82) is 0 Å². The predicted molar refractivity (Wildman–Crippen MR) is 83.5 cm³/mol. The Morgan fingerprint density at radius 3 is 2.62 bits per heavy atom. The van der Waals surface area contributed by atoms with Crippen molar-refractivity contribution < 1.29 is 14.3 Å². The number of carbonyl (C=O) groups excluding carboxylic acids is 1. The molecule has 3 nitrogen and oxygen atoms in total. The fourth-order valence-corrected chi connectivity index (χ4v) is 2.32. The second-order valence-corrected chi connectivity index (χ2v) is 4.79. The number of esters is 1. The molecule has 0 saturated heterocycles. The van der Waals surface area contributed by atoms with Crippen LogP contribution in [0.3, 0.4) is 0 Å². The van der Waals surface area contributed by atoms with E-state index in [-0.39, 0.29) is 11.9 Å². The third kappa shape index (κ3) is 3.43. The average molecular weight is 284 g/mol. The summed E-state index contributed by atoms with van der Waals surface area (Å²) in [7, 11) is 1.65. The molecule has 21 heavy (non-hydrogen) atoms. The molecule has 0 aliphatic carbocycles. The fourth-order valence-electron chi connectivity index (χ4n) is 2.32. The molecular weight excluding hydrogens is 264 g/mol. The highest BCUT2D eigenvalue weighted by molar-refractivity contribution is 5.82. The van der Waals surface area contributed by atoms with Crippen molar-refractivity contribution in [1.82, 2.24) is 0 Å². The minimum Gasteiger partial charge on any atom is -0.497 e. The standard InChI is InChI=1S/C18H20O3/c1-4-21-18(19)13(2)16-10-5-6-11-17(16)14-8-7-9-15(12-14)20-3/h5-13H,4H2,1-3H3/t13-/m0/s1. The molecule has 0 aliphatic rings. The number of rotatable bonds is 5. The van der Waals surface area contributed by atoms with Crippen molar-refractivity contribution in [2.75, 3.05) is 13.7 Å². The van der Waals surface area contributed by atoms with Gasteiger partial charge in [0.15, 0.2) is 0 Å². The predicted octanol–water partition coefficient (Wildman–Crippen LogP) is 4.03. The number of hydrogen-bond donors (Lipinski definition) is 0. The molecule has 110 valence electrons. The molecule has 0 amide bonds. The number of methoxy groups -OCH3 is 1. The molecule has 2 aromatic rings. The molecule has 0 aliphatic heterocycles. The molecule has 0 heterocycles. The summed E-state index contributed by atoms with van der Waals surface area (Å²) in [6, 6.07) is 15.7. The van der Waals surface area contributed by atoms with Gasteiger partial charge in [0.1, 0.15) is 5.75 Å². The van der Waals surface area contributed by atoms with Gasteiger partial charge >= 0.3 is 5.97 Å². The summed E-state index contributed by atoms with van der Waals surface area (Å²) in [5.74, 6) is 0.297. The van der Waals surface area contributed by atoms with Gasteiger partial charge in [-0.1, -0.05) is 36.4 Å². The van der Waals surface area contributed by atoms with Gasteiger partial charge in [0.05, 0.1) is 19.6 Å². The summed E-state index contributed by atoms with van der Waals surface area (Å²) < 4.78 is 10.4. The molecule has 0 aromatic heterocycles. The Hall–Kier alpha value is -2.29. The van der Waals surface area contributed by atoms with Gasteiger partial charge in [-0.3, -0.25) is 4.79 Å². The number of hydrogen-bond acceptors (Lipinski definition) is 3. The van der Waals surface area contributed by atoms with E-state index in [2.05, 4.69) is 0 Å². The minimum absolute atomic E-state index is 0.201. The van der Waals surface area contributed by atoms with Gasteiger partial charge in [0.25, 0.3) is 0 Å². The van der Waals surface area contributed by atoms with Crippen LogP contribution in [0.2, 0.25) is 0 Å². The monoisotopic (exact) mass is 284 g/mol. The zero-order chi connectivity index (χ0) is 15.2. The second kappa shape index (κ2) is 6.93. The maximum atomic E-state index is 12.0. The van der Waals surface area contributed by atoms with E-state index in [0.717, 1.165) is 22.4 Å². The Labute approximate surface area is 125 Å². The van der Waals surface area contributed by atoms with Crippen LogP contribution in [0.4, 0.5) is 0 Å². The van der Waals surface area contributed by atoms with Crippen LogP contribution in [-0.2, 0) is 9.53 Å². The lowest BCUT2D eigenvalue weighted by Gasteiger charge is -2.16. The van der Waals surface area contributed by atoms with Gasteiger partial charge < -0.3 is 9.47 Å². The normalized spacial score (nSPS) is 11.8. The molecule has 2 rings (SSSR count). The fraction of sp³-hybridized carbons (Fsp3) is 0.278. The van der Waals surface area contributed by atoms with E-state index in [1.54, 1.807) is 7.11 Å². The Morgan fingerprint density at radius 2 is 1.90 bits per heavy atom. The van der Waals surface area contributed by atoms with E-state index in [0.29, 0.717) is 6.61 Å². The van der Waals surface area contributed by atoms with Crippen molar-refractivity contribution in [3.8, 4) is 16.9 Å². The van der Waals surface area contributed by atoms with Gasteiger partial charge in [-0.05, 0) is 42.7 Å². The van der Waals surface area contributed by atoms with E-state index in [1.807, 2.05) is 62.4 Å². The third-order valence-electron chi connectivity index (χ3n) is 3.45. The third-order valence-corrected chi connectivity index (χ3v) is 3.45. The van der Waals surface area contributed by atoms with E-state index in [1.165, 1.54) is 0 Å². The lowest BCUT2D eigenvalue weighted by Crippen LogP contribution is -2.13. The van der Waals surface area contributed by atoms with Crippen molar-refractivity contribution in [3.63, 3.8) is 0 Å². The van der Waals surface area contributed by atoms with E-state index < -0.39 is 0 Å². The molecule has 1 atom stereocenters. The van der Waals surface area contributed by atoms with Crippen LogP contribution in [0.25, 0.3) is 11.1 Å². The minimum atomic E-state index is -0.299. The smallest absolute Gasteiger partial charge is 0.313 e. The molecule has 0 spiro atoms. The van der Waals surface area contributed by atoms with Crippen LogP contribution in [-0.4, -0.2) is 19.7 Å². The summed E-state index contributed by atoms with van der Waals surface area (Å²) in [5.41, 5.74) is 3.02. The Bertz CT molecular complexity index is 619. The molecule has 0 fully saturated rings. The quantitative estimate of drug-likeness (QED) is 0.778. The van der Waals surface area contributed by atoms with Crippen molar-refractivity contribution in [2.24, 2.45) is 0 Å². The maximum Gasteiger partial charge on any atom is 0.313 e. The van der Waals surface area contributed by atoms with Crippen LogP contribution in [0, 0.1) is 0 Å². The average Bonchev–Trinajstić information content (AvgIpc) is 2.54. The topological polar surface area (TPSA) is 35.5 Å². The molecular formula is C18H20O3. The summed E-state index contributed by atoms with van der Waals surface area (Å²) in [6.45, 7) is 4.08. The van der Waals surface area contributed by atoms with Gasteiger partial charge in [-0.15, -0.1) is 0 Å². The van der Waals surface area contributed by atoms with Crippen molar-refractivity contribution in [3.05, 3.63) is 54.1 Å². The SMILES string of the molecule is CCOC(=O)[C@@H](C)c1ccccc1-c1cccc(OC)c1. The second-order valence-electron chi connectivity index (χ2n) is 4.79. The zero-order valence-corrected chi connectivity index (χ0v) is 12.6. The largest absolute Gasteiger partial charge is 0.497 e. The first-order valence-electron chi connectivity index (χ1n) is 7.07. The van der Waals surface area contributed by atoms with Crippen LogP contribution in [0.1, 0.15) is 25.3 Å². The van der Waals surface area contributed by atoms with Crippen molar-refractivity contribution >= 4 is 5.97 Å². The van der Waals surface area contributed by atoms with Crippen LogP contribution in [0.15, 0.2) is 48.5 Å². The van der Waals surface area contributed by atoms with Gasteiger partial charge in [0, 0.05) is 0 Å². The Balaban J connectivity index is 2.43. The molecule has 0 bridgehead atoms. The lowest BCUT2D eigenvalue weighted by atomic mass is 9.91. The number of ether oxygens (including phenoxy) is 2. The highest BCUT2D eigenvalue weighted by Gasteiger charge is 2.19. The van der Waals surface area contributed by atoms with Crippen LogP contribution < -0.4 is 4.74 Å². The first kappa shape index (κ1) is 15.1.